The number of carbonyl (C=O) groups is 2. The molecule has 1 unspecified atom stereocenters. The van der Waals surface area contributed by atoms with Crippen LogP contribution in [0, 0.1) is 5.92 Å². The molecule has 37 heavy (non-hydrogen) atoms. The second-order valence-electron chi connectivity index (χ2n) is 9.34. The molecule has 196 valence electrons. The SMILES string of the molecule is COc1ccc(CSCC(=O)N(Cc2cccc(Cl)c2)C(Cc2ccccc2)C(=O)NCC(C)C)cc1. The summed E-state index contributed by atoms with van der Waals surface area (Å²) in [4.78, 5) is 28.8. The first-order chi connectivity index (χ1) is 17.9. The van der Waals surface area contributed by atoms with Crippen molar-refractivity contribution in [2.75, 3.05) is 19.4 Å². The standard InChI is InChI=1S/C30H35ClN2O3S/c1-22(2)18-32-30(35)28(17-23-8-5-4-6-9-23)33(19-25-10-7-11-26(31)16-25)29(34)21-37-20-24-12-14-27(36-3)15-13-24/h4-16,22,28H,17-21H2,1-3H3,(H,32,35). The number of hydrogen-bond acceptors (Lipinski definition) is 4. The van der Waals surface area contributed by atoms with Gasteiger partial charge in [-0.2, -0.15) is 0 Å². The van der Waals surface area contributed by atoms with E-state index in [4.69, 9.17) is 16.3 Å². The lowest BCUT2D eigenvalue weighted by Gasteiger charge is -2.32. The van der Waals surface area contributed by atoms with Crippen LogP contribution in [0.15, 0.2) is 78.9 Å². The molecule has 0 aliphatic carbocycles. The van der Waals surface area contributed by atoms with Crippen LogP contribution in [0.4, 0.5) is 0 Å². The van der Waals surface area contributed by atoms with Crippen molar-refractivity contribution >= 4 is 35.2 Å². The fourth-order valence-corrected chi connectivity index (χ4v) is 4.95. The Morgan fingerprint density at radius 1 is 0.946 bits per heavy atom. The smallest absolute Gasteiger partial charge is 0.243 e. The molecule has 0 aliphatic heterocycles. The summed E-state index contributed by atoms with van der Waals surface area (Å²) in [6, 6.07) is 24.5. The van der Waals surface area contributed by atoms with Crippen molar-refractivity contribution in [2.24, 2.45) is 5.92 Å². The summed E-state index contributed by atoms with van der Waals surface area (Å²) in [6.07, 6.45) is 0.431. The van der Waals surface area contributed by atoms with Gasteiger partial charge in [-0.1, -0.05) is 80.0 Å². The summed E-state index contributed by atoms with van der Waals surface area (Å²) < 4.78 is 5.23. The maximum Gasteiger partial charge on any atom is 0.243 e. The number of thioether (sulfide) groups is 1. The van der Waals surface area contributed by atoms with Crippen molar-refractivity contribution < 1.29 is 14.3 Å². The number of halogens is 1. The summed E-state index contributed by atoms with van der Waals surface area (Å²) in [7, 11) is 1.64. The molecular formula is C30H35ClN2O3S. The number of nitrogens with one attached hydrogen (secondary N) is 1. The Morgan fingerprint density at radius 3 is 2.30 bits per heavy atom. The number of amides is 2. The number of hydrogen-bond donors (Lipinski definition) is 1. The molecule has 0 bridgehead atoms. The lowest BCUT2D eigenvalue weighted by atomic mass is 10.0. The Kier molecular flexibility index (Phi) is 11.4. The molecule has 0 aromatic heterocycles. The van der Waals surface area contributed by atoms with Crippen molar-refractivity contribution in [1.82, 2.24) is 10.2 Å². The molecule has 0 fully saturated rings. The zero-order valence-corrected chi connectivity index (χ0v) is 23.2. The van der Waals surface area contributed by atoms with Crippen LogP contribution in [0.2, 0.25) is 5.02 Å². The number of benzene rings is 3. The van der Waals surface area contributed by atoms with E-state index in [0.29, 0.717) is 36.2 Å². The van der Waals surface area contributed by atoms with Gasteiger partial charge in [-0.3, -0.25) is 9.59 Å². The highest BCUT2D eigenvalue weighted by molar-refractivity contribution is 7.99. The van der Waals surface area contributed by atoms with Gasteiger partial charge in [-0.05, 0) is 46.9 Å². The highest BCUT2D eigenvalue weighted by Crippen LogP contribution is 2.21. The average Bonchev–Trinajstić information content (AvgIpc) is 2.90. The Bertz CT molecular complexity index is 1140. The van der Waals surface area contributed by atoms with E-state index in [1.165, 1.54) is 11.8 Å². The van der Waals surface area contributed by atoms with Gasteiger partial charge in [-0.25, -0.2) is 0 Å². The van der Waals surface area contributed by atoms with Crippen LogP contribution < -0.4 is 10.1 Å². The molecule has 7 heteroatoms. The van der Waals surface area contributed by atoms with Gasteiger partial charge >= 0.3 is 0 Å². The van der Waals surface area contributed by atoms with Crippen molar-refractivity contribution in [1.29, 1.82) is 0 Å². The fourth-order valence-electron chi connectivity index (χ4n) is 3.87. The van der Waals surface area contributed by atoms with Crippen LogP contribution in [0.3, 0.4) is 0 Å². The van der Waals surface area contributed by atoms with Crippen LogP contribution in [0.5, 0.6) is 5.75 Å². The van der Waals surface area contributed by atoms with E-state index in [1.807, 2.05) is 72.8 Å². The van der Waals surface area contributed by atoms with Crippen molar-refractivity contribution in [3.8, 4) is 5.75 Å². The van der Waals surface area contributed by atoms with E-state index in [0.717, 1.165) is 22.4 Å². The fraction of sp³-hybridized carbons (Fsp3) is 0.333. The molecule has 1 N–H and O–H groups in total. The van der Waals surface area contributed by atoms with Crippen LogP contribution in [0.1, 0.15) is 30.5 Å². The third-order valence-electron chi connectivity index (χ3n) is 5.85. The minimum Gasteiger partial charge on any atom is -0.497 e. The molecule has 0 saturated heterocycles. The molecule has 0 aliphatic rings. The van der Waals surface area contributed by atoms with Crippen LogP contribution in [0.25, 0.3) is 0 Å². The first-order valence-electron chi connectivity index (χ1n) is 12.4. The van der Waals surface area contributed by atoms with Gasteiger partial charge in [0.15, 0.2) is 0 Å². The number of carbonyl (C=O) groups excluding carboxylic acids is 2. The minimum atomic E-state index is -0.644. The van der Waals surface area contributed by atoms with Crippen LogP contribution in [-0.4, -0.2) is 42.2 Å². The first kappa shape index (κ1) is 28.6. The zero-order chi connectivity index (χ0) is 26.6. The maximum atomic E-state index is 13.7. The normalized spacial score (nSPS) is 11.7. The summed E-state index contributed by atoms with van der Waals surface area (Å²) in [6.45, 7) is 4.96. The Hall–Kier alpha value is -2.96. The van der Waals surface area contributed by atoms with E-state index >= 15 is 0 Å². The van der Waals surface area contributed by atoms with Crippen LogP contribution >= 0.6 is 23.4 Å². The molecule has 2 amide bonds. The summed E-state index contributed by atoms with van der Waals surface area (Å²) in [5.74, 6) is 1.82. The third-order valence-corrected chi connectivity index (χ3v) is 7.07. The largest absolute Gasteiger partial charge is 0.497 e. The lowest BCUT2D eigenvalue weighted by Crippen LogP contribution is -2.51. The average molecular weight is 539 g/mol. The van der Waals surface area contributed by atoms with Crippen molar-refractivity contribution in [3.05, 3.63) is 101 Å². The highest BCUT2D eigenvalue weighted by atomic mass is 35.5. The summed E-state index contributed by atoms with van der Waals surface area (Å²) in [5.41, 5.74) is 2.99. The van der Waals surface area contributed by atoms with Crippen LogP contribution in [-0.2, 0) is 28.3 Å². The molecule has 0 heterocycles. The quantitative estimate of drug-likeness (QED) is 0.290. The second kappa shape index (κ2) is 14.7. The number of rotatable bonds is 13. The highest BCUT2D eigenvalue weighted by Gasteiger charge is 2.30. The molecule has 3 aromatic carbocycles. The summed E-state index contributed by atoms with van der Waals surface area (Å²) >= 11 is 7.78. The van der Waals surface area contributed by atoms with Gasteiger partial charge in [0.2, 0.25) is 11.8 Å². The van der Waals surface area contributed by atoms with E-state index < -0.39 is 6.04 Å². The first-order valence-corrected chi connectivity index (χ1v) is 13.9. The lowest BCUT2D eigenvalue weighted by molar-refractivity contribution is -0.139. The molecule has 0 radical (unpaired) electrons. The van der Waals surface area contributed by atoms with Gasteiger partial charge in [0.1, 0.15) is 11.8 Å². The van der Waals surface area contributed by atoms with E-state index in [9.17, 15) is 9.59 Å². The van der Waals surface area contributed by atoms with Gasteiger partial charge in [0.05, 0.1) is 12.9 Å². The monoisotopic (exact) mass is 538 g/mol. The Balaban J connectivity index is 1.82. The van der Waals surface area contributed by atoms with E-state index in [2.05, 4.69) is 19.2 Å². The topological polar surface area (TPSA) is 58.6 Å². The molecule has 0 spiro atoms. The predicted molar refractivity (Wildman–Crippen MR) is 153 cm³/mol. The number of nitrogens with zero attached hydrogens (tertiary/aromatic N) is 1. The minimum absolute atomic E-state index is 0.0842. The van der Waals surface area contributed by atoms with E-state index in [-0.39, 0.29) is 17.6 Å². The molecular weight excluding hydrogens is 504 g/mol. The van der Waals surface area contributed by atoms with Gasteiger partial charge in [0.25, 0.3) is 0 Å². The maximum absolute atomic E-state index is 13.7. The Morgan fingerprint density at radius 2 is 1.65 bits per heavy atom. The number of methoxy groups -OCH3 is 1. The molecule has 3 aromatic rings. The summed E-state index contributed by atoms with van der Waals surface area (Å²) in [5, 5.41) is 3.65. The molecule has 3 rings (SSSR count). The zero-order valence-electron chi connectivity index (χ0n) is 21.7. The molecule has 0 saturated carbocycles. The Labute approximate surface area is 229 Å². The van der Waals surface area contributed by atoms with E-state index in [1.54, 1.807) is 18.1 Å². The molecule has 5 nitrogen and oxygen atoms in total. The van der Waals surface area contributed by atoms with Gasteiger partial charge < -0.3 is 15.0 Å². The van der Waals surface area contributed by atoms with Crippen molar-refractivity contribution in [2.45, 2.75) is 38.6 Å². The number of ether oxygens (including phenoxy) is 1. The second-order valence-corrected chi connectivity index (χ2v) is 10.8. The predicted octanol–water partition coefficient (Wildman–Crippen LogP) is 5.99. The van der Waals surface area contributed by atoms with Gasteiger partial charge in [-0.15, -0.1) is 11.8 Å². The third kappa shape index (κ3) is 9.45. The van der Waals surface area contributed by atoms with Crippen molar-refractivity contribution in [3.63, 3.8) is 0 Å². The molecule has 1 atom stereocenters. The van der Waals surface area contributed by atoms with Gasteiger partial charge in [0, 0.05) is 30.3 Å².